The molecule has 0 spiro atoms. The number of rotatable bonds is 3. The molecular formula is C14H9BrClF4N. The van der Waals surface area contributed by atoms with E-state index in [-0.39, 0.29) is 22.8 Å². The van der Waals surface area contributed by atoms with Gasteiger partial charge in [0.2, 0.25) is 0 Å². The third-order valence-electron chi connectivity index (χ3n) is 2.76. The minimum atomic E-state index is -4.54. The maximum Gasteiger partial charge on any atom is 0.418 e. The van der Waals surface area contributed by atoms with Crippen LogP contribution in [0.25, 0.3) is 0 Å². The van der Waals surface area contributed by atoms with E-state index in [1.54, 1.807) is 0 Å². The molecule has 2 aromatic carbocycles. The molecular weight excluding hydrogens is 374 g/mol. The minimum absolute atomic E-state index is 0.0125. The Balaban J connectivity index is 2.26. The van der Waals surface area contributed by atoms with Crippen molar-refractivity contribution in [1.82, 2.24) is 0 Å². The molecule has 0 bridgehead atoms. The SMILES string of the molecule is Fc1ccc(Br)cc1CNc1ccc(Cl)cc1C(F)(F)F. The molecule has 7 heteroatoms. The van der Waals surface area contributed by atoms with E-state index in [1.165, 1.54) is 30.3 Å². The molecule has 0 amide bonds. The second-order valence-corrected chi connectivity index (χ2v) is 5.63. The van der Waals surface area contributed by atoms with Gasteiger partial charge in [-0.15, -0.1) is 0 Å². The first-order chi connectivity index (χ1) is 9.77. The Morgan fingerprint density at radius 1 is 1.10 bits per heavy atom. The Bertz CT molecular complexity index is 658. The number of nitrogens with one attached hydrogen (secondary N) is 1. The van der Waals surface area contributed by atoms with Gasteiger partial charge in [-0.2, -0.15) is 13.2 Å². The largest absolute Gasteiger partial charge is 0.418 e. The Hall–Kier alpha value is -1.27. The molecule has 0 aromatic heterocycles. The lowest BCUT2D eigenvalue weighted by atomic mass is 10.1. The van der Waals surface area contributed by atoms with E-state index in [0.717, 1.165) is 6.07 Å². The molecule has 21 heavy (non-hydrogen) atoms. The minimum Gasteiger partial charge on any atom is -0.380 e. The second kappa shape index (κ2) is 6.23. The van der Waals surface area contributed by atoms with Gasteiger partial charge >= 0.3 is 6.18 Å². The summed E-state index contributed by atoms with van der Waals surface area (Å²) in [5.41, 5.74) is -0.774. The molecule has 0 aliphatic rings. The topological polar surface area (TPSA) is 12.0 Å². The standard InChI is InChI=1S/C14H9BrClF4N/c15-9-1-3-12(17)8(5-9)7-21-13-4-2-10(16)6-11(13)14(18,19)20/h1-6,21H,7H2. The number of halogens is 6. The molecule has 112 valence electrons. The first kappa shape index (κ1) is 16.1. The molecule has 2 rings (SSSR count). The van der Waals surface area contributed by atoms with Gasteiger partial charge in [-0.1, -0.05) is 27.5 Å². The Labute approximate surface area is 132 Å². The third-order valence-corrected chi connectivity index (χ3v) is 3.49. The third kappa shape index (κ3) is 4.11. The molecule has 0 saturated carbocycles. The molecule has 0 aliphatic heterocycles. The lowest BCUT2D eigenvalue weighted by molar-refractivity contribution is -0.136. The van der Waals surface area contributed by atoms with Crippen molar-refractivity contribution in [2.24, 2.45) is 0 Å². The summed E-state index contributed by atoms with van der Waals surface area (Å²) in [5, 5.41) is 2.58. The van der Waals surface area contributed by atoms with Crippen molar-refractivity contribution < 1.29 is 17.6 Å². The van der Waals surface area contributed by atoms with Gasteiger partial charge in [-0.3, -0.25) is 0 Å². The number of hydrogen-bond acceptors (Lipinski definition) is 1. The monoisotopic (exact) mass is 381 g/mol. The predicted molar refractivity (Wildman–Crippen MR) is 77.9 cm³/mol. The number of hydrogen-bond donors (Lipinski definition) is 1. The number of benzene rings is 2. The van der Waals surface area contributed by atoms with E-state index >= 15 is 0 Å². The summed E-state index contributed by atoms with van der Waals surface area (Å²) in [7, 11) is 0. The van der Waals surface area contributed by atoms with Crippen molar-refractivity contribution in [3.8, 4) is 0 Å². The quantitative estimate of drug-likeness (QED) is 0.654. The van der Waals surface area contributed by atoms with E-state index in [0.29, 0.717) is 4.47 Å². The number of alkyl halides is 3. The Kier molecular flexibility index (Phi) is 4.78. The van der Waals surface area contributed by atoms with Gasteiger partial charge in [0.15, 0.2) is 0 Å². The maximum atomic E-state index is 13.6. The van der Waals surface area contributed by atoms with E-state index in [1.807, 2.05) is 0 Å². The van der Waals surface area contributed by atoms with Crippen LogP contribution >= 0.6 is 27.5 Å². The van der Waals surface area contributed by atoms with Gasteiger partial charge in [0.25, 0.3) is 0 Å². The maximum absolute atomic E-state index is 13.6. The van der Waals surface area contributed by atoms with Crippen LogP contribution in [0.4, 0.5) is 23.2 Å². The smallest absolute Gasteiger partial charge is 0.380 e. The zero-order valence-corrected chi connectivity index (χ0v) is 12.8. The molecule has 0 radical (unpaired) electrons. The summed E-state index contributed by atoms with van der Waals surface area (Å²) in [5.74, 6) is -0.492. The summed E-state index contributed by atoms with van der Waals surface area (Å²) < 4.78 is 53.0. The van der Waals surface area contributed by atoms with E-state index in [9.17, 15) is 17.6 Å². The lowest BCUT2D eigenvalue weighted by Crippen LogP contribution is -2.11. The summed E-state index contributed by atoms with van der Waals surface area (Å²) in [6.07, 6.45) is -4.54. The van der Waals surface area contributed by atoms with Gasteiger partial charge in [0.1, 0.15) is 5.82 Å². The first-order valence-corrected chi connectivity index (χ1v) is 6.99. The number of anilines is 1. The van der Waals surface area contributed by atoms with Crippen LogP contribution in [-0.4, -0.2) is 0 Å². The van der Waals surface area contributed by atoms with Crippen molar-refractivity contribution in [1.29, 1.82) is 0 Å². The summed E-state index contributed by atoms with van der Waals surface area (Å²) in [6.45, 7) is -0.0734. The fraction of sp³-hybridized carbons (Fsp3) is 0.143. The Morgan fingerprint density at radius 3 is 2.48 bits per heavy atom. The average Bonchev–Trinajstić information content (AvgIpc) is 2.40. The second-order valence-electron chi connectivity index (χ2n) is 4.28. The van der Waals surface area contributed by atoms with Gasteiger partial charge in [0.05, 0.1) is 5.56 Å². The molecule has 2 aromatic rings. The summed E-state index contributed by atoms with van der Waals surface area (Å²) >= 11 is 8.78. The van der Waals surface area contributed by atoms with Crippen molar-refractivity contribution in [2.75, 3.05) is 5.32 Å². The van der Waals surface area contributed by atoms with Crippen LogP contribution < -0.4 is 5.32 Å². The predicted octanol–water partition coefficient (Wildman–Crippen LogP) is 5.87. The summed E-state index contributed by atoms with van der Waals surface area (Å²) in [6, 6.07) is 7.67. The molecule has 0 fully saturated rings. The first-order valence-electron chi connectivity index (χ1n) is 5.82. The van der Waals surface area contributed by atoms with Gasteiger partial charge < -0.3 is 5.32 Å². The van der Waals surface area contributed by atoms with E-state index in [4.69, 9.17) is 11.6 Å². The Morgan fingerprint density at radius 2 is 1.81 bits per heavy atom. The average molecular weight is 383 g/mol. The van der Waals surface area contributed by atoms with Crippen molar-refractivity contribution in [3.63, 3.8) is 0 Å². The van der Waals surface area contributed by atoms with Gasteiger partial charge in [-0.25, -0.2) is 4.39 Å². The zero-order chi connectivity index (χ0) is 15.6. The molecule has 0 heterocycles. The van der Waals surface area contributed by atoms with Gasteiger partial charge in [-0.05, 0) is 36.4 Å². The van der Waals surface area contributed by atoms with E-state index in [2.05, 4.69) is 21.2 Å². The van der Waals surface area contributed by atoms with Crippen molar-refractivity contribution in [3.05, 3.63) is 62.8 Å². The fourth-order valence-corrected chi connectivity index (χ4v) is 2.35. The van der Waals surface area contributed by atoms with Crippen LogP contribution in [-0.2, 0) is 12.7 Å². The normalized spacial score (nSPS) is 11.5. The highest BCUT2D eigenvalue weighted by atomic mass is 79.9. The molecule has 0 atom stereocenters. The highest BCUT2D eigenvalue weighted by Crippen LogP contribution is 2.36. The zero-order valence-electron chi connectivity index (χ0n) is 10.4. The molecule has 0 saturated heterocycles. The molecule has 0 aliphatic carbocycles. The van der Waals surface area contributed by atoms with Crippen LogP contribution in [0.2, 0.25) is 5.02 Å². The van der Waals surface area contributed by atoms with Crippen LogP contribution in [0.5, 0.6) is 0 Å². The molecule has 0 unspecified atom stereocenters. The van der Waals surface area contributed by atoms with Crippen LogP contribution in [0.3, 0.4) is 0 Å². The van der Waals surface area contributed by atoms with Crippen molar-refractivity contribution >= 4 is 33.2 Å². The van der Waals surface area contributed by atoms with Crippen LogP contribution in [0.1, 0.15) is 11.1 Å². The lowest BCUT2D eigenvalue weighted by Gasteiger charge is -2.15. The molecule has 1 nitrogen and oxygen atoms in total. The summed E-state index contributed by atoms with van der Waals surface area (Å²) in [4.78, 5) is 0. The van der Waals surface area contributed by atoms with Crippen LogP contribution in [0, 0.1) is 5.82 Å². The van der Waals surface area contributed by atoms with Crippen molar-refractivity contribution in [2.45, 2.75) is 12.7 Å². The van der Waals surface area contributed by atoms with Gasteiger partial charge in [0, 0.05) is 27.3 Å². The highest BCUT2D eigenvalue weighted by Gasteiger charge is 2.33. The highest BCUT2D eigenvalue weighted by molar-refractivity contribution is 9.10. The van der Waals surface area contributed by atoms with Crippen LogP contribution in [0.15, 0.2) is 40.9 Å². The molecule has 1 N–H and O–H groups in total. The van der Waals surface area contributed by atoms with E-state index < -0.39 is 17.6 Å². The fourth-order valence-electron chi connectivity index (χ4n) is 1.77.